The van der Waals surface area contributed by atoms with Crippen LogP contribution in [0.25, 0.3) is 11.0 Å². The monoisotopic (exact) mass is 362 g/mol. The number of hydrogen-bond acceptors (Lipinski definition) is 7. The summed E-state index contributed by atoms with van der Waals surface area (Å²) in [6, 6.07) is 1.35. The number of piperazine rings is 1. The Kier molecular flexibility index (Phi) is 4.19. The zero-order chi connectivity index (χ0) is 18.1. The summed E-state index contributed by atoms with van der Waals surface area (Å²) in [5.74, 6) is 0.814. The van der Waals surface area contributed by atoms with Crippen molar-refractivity contribution in [3.8, 4) is 0 Å². The number of nitrogens with zero attached hydrogens (tertiary/aromatic N) is 7. The van der Waals surface area contributed by atoms with Crippen molar-refractivity contribution < 1.29 is 8.78 Å². The minimum Gasteiger partial charge on any atom is -0.367 e. The van der Waals surface area contributed by atoms with Gasteiger partial charge in [0.2, 0.25) is 0 Å². The molecule has 3 aromatic rings. The molecule has 0 radical (unpaired) electrons. The van der Waals surface area contributed by atoms with Crippen molar-refractivity contribution in [2.45, 2.75) is 13.0 Å². The fourth-order valence-corrected chi connectivity index (χ4v) is 3.05. The van der Waals surface area contributed by atoms with Gasteiger partial charge >= 0.3 is 0 Å². The first kappa shape index (κ1) is 16.4. The molecule has 0 aliphatic carbocycles. The highest BCUT2D eigenvalue weighted by Crippen LogP contribution is 2.23. The van der Waals surface area contributed by atoms with Gasteiger partial charge in [-0.05, 0) is 0 Å². The smallest absolute Gasteiger partial charge is 0.269 e. The Morgan fingerprint density at radius 3 is 2.62 bits per heavy atom. The largest absolute Gasteiger partial charge is 0.367 e. The molecule has 4 rings (SSSR count). The third kappa shape index (κ3) is 3.07. The van der Waals surface area contributed by atoms with E-state index in [-0.39, 0.29) is 0 Å². The number of anilines is 2. The first-order valence-electron chi connectivity index (χ1n) is 8.11. The van der Waals surface area contributed by atoms with Crippen LogP contribution in [0, 0.1) is 0 Å². The number of fused-ring (bicyclic) bond motifs is 1. The lowest BCUT2D eigenvalue weighted by atomic mass is 10.2. The van der Waals surface area contributed by atoms with E-state index >= 15 is 0 Å². The summed E-state index contributed by atoms with van der Waals surface area (Å²) in [6.45, 7) is 2.00. The molecule has 0 amide bonds. The maximum absolute atomic E-state index is 12.4. The quantitative estimate of drug-likeness (QED) is 0.722. The minimum atomic E-state index is -2.61. The molecule has 1 saturated heterocycles. The second-order valence-corrected chi connectivity index (χ2v) is 5.93. The van der Waals surface area contributed by atoms with Crippen LogP contribution >= 0.6 is 0 Å². The summed E-state index contributed by atoms with van der Waals surface area (Å²) in [6.07, 6.45) is 2.04. The Labute approximate surface area is 146 Å². The highest BCUT2D eigenvalue weighted by molar-refractivity contribution is 5.86. The van der Waals surface area contributed by atoms with Crippen LogP contribution in [0.15, 0.2) is 29.6 Å². The number of aromatic nitrogens is 6. The molecule has 0 bridgehead atoms. The van der Waals surface area contributed by atoms with Crippen molar-refractivity contribution in [3.63, 3.8) is 0 Å². The van der Waals surface area contributed by atoms with Crippen LogP contribution in [0.2, 0.25) is 0 Å². The summed E-state index contributed by atoms with van der Waals surface area (Å²) < 4.78 is 25.6. The first-order chi connectivity index (χ1) is 12.6. The molecule has 1 fully saturated rings. The van der Waals surface area contributed by atoms with Crippen LogP contribution in [0.4, 0.5) is 20.3 Å². The Morgan fingerprint density at radius 2 is 1.88 bits per heavy atom. The number of alkyl halides is 2. The second-order valence-electron chi connectivity index (χ2n) is 5.93. The molecule has 1 aliphatic heterocycles. The van der Waals surface area contributed by atoms with E-state index < -0.39 is 18.5 Å². The van der Waals surface area contributed by atoms with Gasteiger partial charge in [-0.2, -0.15) is 10.2 Å². The number of nitrogens with one attached hydrogen (secondary N) is 1. The highest BCUT2D eigenvalue weighted by Gasteiger charge is 2.21. The lowest BCUT2D eigenvalue weighted by Crippen LogP contribution is -2.47. The molecular weight excluding hydrogens is 346 g/mol. The average molecular weight is 362 g/mol. The fraction of sp³-hybridized carbons (Fsp3) is 0.400. The summed E-state index contributed by atoms with van der Waals surface area (Å²) >= 11 is 0. The van der Waals surface area contributed by atoms with Crippen molar-refractivity contribution in [2.24, 2.45) is 0 Å². The minimum absolute atomic E-state index is 0.527. The van der Waals surface area contributed by atoms with Gasteiger partial charge in [0.05, 0.1) is 23.5 Å². The predicted molar refractivity (Wildman–Crippen MR) is 90.6 cm³/mol. The molecule has 1 N–H and O–H groups in total. The maximum Gasteiger partial charge on any atom is 0.269 e. The summed E-state index contributed by atoms with van der Waals surface area (Å²) in [7, 11) is 0. The van der Waals surface area contributed by atoms with Gasteiger partial charge in [-0.25, -0.2) is 23.4 Å². The van der Waals surface area contributed by atoms with Crippen LogP contribution in [0.1, 0.15) is 0 Å². The normalized spacial score (nSPS) is 15.2. The number of H-pyrrole nitrogens is 1. The first-order valence-corrected chi connectivity index (χ1v) is 8.11. The van der Waals surface area contributed by atoms with E-state index in [2.05, 4.69) is 30.2 Å². The van der Waals surface area contributed by atoms with E-state index in [1.54, 1.807) is 6.20 Å². The average Bonchev–Trinajstić information content (AvgIpc) is 3.12. The molecule has 0 unspecified atom stereocenters. The fourth-order valence-electron chi connectivity index (χ4n) is 3.05. The van der Waals surface area contributed by atoms with Crippen molar-refractivity contribution in [1.29, 1.82) is 0 Å². The highest BCUT2D eigenvalue weighted by atomic mass is 19.3. The van der Waals surface area contributed by atoms with Gasteiger partial charge in [-0.15, -0.1) is 0 Å². The second kappa shape index (κ2) is 6.65. The molecule has 26 heavy (non-hydrogen) atoms. The topological polar surface area (TPSA) is 95.8 Å². The van der Waals surface area contributed by atoms with Gasteiger partial charge in [0.15, 0.2) is 5.65 Å². The van der Waals surface area contributed by atoms with E-state index in [1.165, 1.54) is 18.6 Å². The summed E-state index contributed by atoms with van der Waals surface area (Å²) in [5, 5.41) is 11.5. The molecule has 0 spiro atoms. The van der Waals surface area contributed by atoms with E-state index in [1.807, 2.05) is 4.90 Å². The Morgan fingerprint density at radius 1 is 1.12 bits per heavy atom. The molecule has 136 valence electrons. The standard InChI is InChI=1S/C15H16F2N8O/c16-12(17)8-25-13(26)5-10(6-21-25)23-1-3-24(4-2-23)15-11-7-20-22-14(11)18-9-19-15/h5-7,9,12H,1-4,8H2,(H,18,19,20,22). The van der Waals surface area contributed by atoms with E-state index in [4.69, 9.17) is 0 Å². The van der Waals surface area contributed by atoms with Crippen LogP contribution in [-0.2, 0) is 6.54 Å². The zero-order valence-corrected chi connectivity index (χ0v) is 13.7. The van der Waals surface area contributed by atoms with E-state index in [0.717, 1.165) is 15.9 Å². The van der Waals surface area contributed by atoms with Crippen LogP contribution in [0.5, 0.6) is 0 Å². The van der Waals surface area contributed by atoms with Crippen molar-refractivity contribution >= 4 is 22.5 Å². The van der Waals surface area contributed by atoms with Crippen LogP contribution < -0.4 is 15.4 Å². The van der Waals surface area contributed by atoms with Crippen molar-refractivity contribution in [3.05, 3.63) is 35.1 Å². The van der Waals surface area contributed by atoms with Gasteiger partial charge in [0.25, 0.3) is 12.0 Å². The molecular formula is C15H16F2N8O. The van der Waals surface area contributed by atoms with E-state index in [0.29, 0.717) is 37.5 Å². The molecule has 0 aromatic carbocycles. The predicted octanol–water partition coefficient (Wildman–Crippen LogP) is 0.501. The van der Waals surface area contributed by atoms with Gasteiger partial charge in [0.1, 0.15) is 18.7 Å². The van der Waals surface area contributed by atoms with Gasteiger partial charge in [-0.3, -0.25) is 9.89 Å². The Hall–Kier alpha value is -3.11. The van der Waals surface area contributed by atoms with Gasteiger partial charge in [-0.1, -0.05) is 0 Å². The molecule has 9 nitrogen and oxygen atoms in total. The Balaban J connectivity index is 1.48. The van der Waals surface area contributed by atoms with E-state index in [9.17, 15) is 13.6 Å². The lowest BCUT2D eigenvalue weighted by molar-refractivity contribution is 0.119. The van der Waals surface area contributed by atoms with Gasteiger partial charge < -0.3 is 9.80 Å². The maximum atomic E-state index is 12.4. The molecule has 3 aromatic heterocycles. The van der Waals surface area contributed by atoms with Crippen molar-refractivity contribution in [2.75, 3.05) is 36.0 Å². The van der Waals surface area contributed by atoms with Crippen LogP contribution in [-0.4, -0.2) is 62.6 Å². The summed E-state index contributed by atoms with van der Waals surface area (Å²) in [4.78, 5) is 24.5. The number of rotatable bonds is 4. The molecule has 4 heterocycles. The molecule has 1 aliphatic rings. The molecule has 0 saturated carbocycles. The molecule has 0 atom stereocenters. The SMILES string of the molecule is O=c1cc(N2CCN(c3ncnc4[nH]ncc34)CC2)cnn1CC(F)F. The van der Waals surface area contributed by atoms with Gasteiger partial charge in [0, 0.05) is 32.2 Å². The summed E-state index contributed by atoms with van der Waals surface area (Å²) in [5.41, 5.74) is 0.793. The number of halogens is 2. The Bertz CT molecular complexity index is 963. The van der Waals surface area contributed by atoms with Crippen molar-refractivity contribution in [1.82, 2.24) is 29.9 Å². The van der Waals surface area contributed by atoms with Crippen LogP contribution in [0.3, 0.4) is 0 Å². The third-order valence-corrected chi connectivity index (χ3v) is 4.34. The number of aromatic amines is 1. The third-order valence-electron chi connectivity index (χ3n) is 4.34. The number of hydrogen-bond donors (Lipinski definition) is 1. The lowest BCUT2D eigenvalue weighted by Gasteiger charge is -2.36. The zero-order valence-electron chi connectivity index (χ0n) is 13.7. The molecule has 11 heteroatoms.